The number of rotatable bonds is 4. The second-order valence-corrected chi connectivity index (χ2v) is 1.85. The van der Waals surface area contributed by atoms with Crippen molar-refractivity contribution in [2.24, 2.45) is 11.1 Å². The van der Waals surface area contributed by atoms with Crippen LogP contribution in [0.1, 0.15) is 0 Å². The van der Waals surface area contributed by atoms with Gasteiger partial charge >= 0.3 is 5.97 Å². The van der Waals surface area contributed by atoms with E-state index in [9.17, 15) is 9.70 Å². The first kappa shape index (κ1) is 10.1. The summed E-state index contributed by atoms with van der Waals surface area (Å²) < 4.78 is 0. The number of hydrogen-bond donors (Lipinski definition) is 2. The normalized spacial score (nSPS) is 8.42. The van der Waals surface area contributed by atoms with E-state index in [1.54, 1.807) is 0 Å². The average Bonchev–Trinajstić information content (AvgIpc) is 2.00. The number of guanidine groups is 1. The first-order valence-corrected chi connectivity index (χ1v) is 2.82. The predicted molar refractivity (Wildman–Crippen MR) is 37.5 cm³/mol. The molecule has 0 aromatic heterocycles. The van der Waals surface area contributed by atoms with Gasteiger partial charge in [0, 0.05) is 7.05 Å². The molecule has 8 heteroatoms. The van der Waals surface area contributed by atoms with Crippen molar-refractivity contribution in [2.45, 2.75) is 0 Å². The van der Waals surface area contributed by atoms with Crippen LogP contribution in [-0.4, -0.2) is 30.4 Å². The number of nitrogens with one attached hydrogen (secondary N) is 1. The molecule has 0 bridgehead atoms. The molecule has 0 unspecified atom stereocenters. The second kappa shape index (κ2) is 4.88. The molecule has 0 amide bonds. The fourth-order valence-electron chi connectivity index (χ4n) is 0.362. The minimum Gasteiger partial charge on any atom is -0.370 e. The molecule has 68 valence electrons. The summed E-state index contributed by atoms with van der Waals surface area (Å²) in [5.41, 5.74) is 4.99. The zero-order chi connectivity index (χ0) is 9.56. The summed E-state index contributed by atoms with van der Waals surface area (Å²) in [7, 11) is 1.40. The van der Waals surface area contributed by atoms with E-state index in [-0.39, 0.29) is 12.5 Å². The van der Waals surface area contributed by atoms with Gasteiger partial charge in [-0.25, -0.2) is 9.68 Å². The van der Waals surface area contributed by atoms with Crippen LogP contribution in [0.4, 0.5) is 0 Å². The number of likely N-dealkylation sites (N-methyl/N-ethyl adjacent to an activating group) is 1. The van der Waals surface area contributed by atoms with Crippen LogP contribution in [0.2, 0.25) is 0 Å². The van der Waals surface area contributed by atoms with Crippen molar-refractivity contribution in [3.63, 3.8) is 0 Å². The van der Waals surface area contributed by atoms with E-state index in [0.717, 1.165) is 4.90 Å². The molecule has 0 heterocycles. The van der Waals surface area contributed by atoms with Gasteiger partial charge in [0.15, 0.2) is 5.96 Å². The highest BCUT2D eigenvalue weighted by Gasteiger charge is 2.09. The molecule has 0 saturated carbocycles. The lowest BCUT2D eigenvalue weighted by atomic mass is 10.6. The van der Waals surface area contributed by atoms with Gasteiger partial charge in [-0.15, -0.1) is 9.90 Å². The Morgan fingerprint density at radius 2 is 2.33 bits per heavy atom. The number of carbonyl (C=O) groups excluding carboxylic acids is 1. The summed E-state index contributed by atoms with van der Waals surface area (Å²) in [6.45, 7) is -0.287. The van der Waals surface area contributed by atoms with Gasteiger partial charge in [0.1, 0.15) is 6.54 Å². The zero-order valence-electron chi connectivity index (χ0n) is 6.31. The summed E-state index contributed by atoms with van der Waals surface area (Å²) in [5.74, 6) is -1.17. The largest absolute Gasteiger partial charge is 0.377 e. The topological polar surface area (TPSA) is 118 Å². The van der Waals surface area contributed by atoms with Crippen LogP contribution < -0.4 is 5.73 Å². The van der Waals surface area contributed by atoms with E-state index in [2.05, 4.69) is 9.88 Å². The quantitative estimate of drug-likeness (QED) is 0.186. The van der Waals surface area contributed by atoms with Crippen LogP contribution in [0.5, 0.6) is 0 Å². The molecule has 0 rings (SSSR count). The Morgan fingerprint density at radius 3 is 2.75 bits per heavy atom. The molecule has 0 aromatic carbocycles. The minimum atomic E-state index is -0.868. The van der Waals surface area contributed by atoms with Crippen molar-refractivity contribution >= 4 is 11.9 Å². The molecular formula is C4H8N4O4. The first-order valence-electron chi connectivity index (χ1n) is 2.82. The predicted octanol–water partition coefficient (Wildman–Crippen LogP) is -1.03. The van der Waals surface area contributed by atoms with Crippen molar-refractivity contribution in [2.75, 3.05) is 13.6 Å². The molecular weight excluding hydrogens is 168 g/mol. The van der Waals surface area contributed by atoms with Crippen LogP contribution in [-0.2, 0) is 14.7 Å². The summed E-state index contributed by atoms with van der Waals surface area (Å²) in [6.07, 6.45) is 0. The Hall–Kier alpha value is -1.86. The van der Waals surface area contributed by atoms with Gasteiger partial charge in [-0.2, -0.15) is 0 Å². The van der Waals surface area contributed by atoms with Crippen molar-refractivity contribution in [1.29, 1.82) is 5.41 Å². The van der Waals surface area contributed by atoms with Crippen LogP contribution in [0.3, 0.4) is 0 Å². The van der Waals surface area contributed by atoms with Crippen LogP contribution >= 0.6 is 0 Å². The third-order valence-corrected chi connectivity index (χ3v) is 0.938. The maximum absolute atomic E-state index is 10.6. The lowest BCUT2D eigenvalue weighted by molar-refractivity contribution is -0.274. The molecule has 0 aliphatic heterocycles. The van der Waals surface area contributed by atoms with Crippen molar-refractivity contribution in [3.05, 3.63) is 4.91 Å². The lowest BCUT2D eigenvalue weighted by Crippen LogP contribution is -2.37. The van der Waals surface area contributed by atoms with E-state index in [1.807, 2.05) is 5.34 Å². The third-order valence-electron chi connectivity index (χ3n) is 0.938. The molecule has 0 saturated heterocycles. The molecule has 8 nitrogen and oxygen atoms in total. The fourth-order valence-corrected chi connectivity index (χ4v) is 0.362. The third kappa shape index (κ3) is 4.04. The molecule has 0 atom stereocenters. The van der Waals surface area contributed by atoms with Gasteiger partial charge in [0.25, 0.3) is 0 Å². The Bertz CT molecular complexity index is 193. The molecule has 0 spiro atoms. The van der Waals surface area contributed by atoms with E-state index >= 15 is 0 Å². The summed E-state index contributed by atoms with van der Waals surface area (Å²) in [4.78, 5) is 28.2. The number of nitrogens with two attached hydrogens (primary N) is 1. The van der Waals surface area contributed by atoms with E-state index in [1.165, 1.54) is 7.05 Å². The maximum atomic E-state index is 10.6. The molecule has 0 aromatic rings. The standard InChI is InChI=1S/C4H8N4O4/c1-8(4(5)6)2-3(9)11-12-7-10/h2H2,1H3,(H3,5,6). The SMILES string of the molecule is CN(CC(=O)OON=O)C(=N)N. The van der Waals surface area contributed by atoms with Gasteiger partial charge in [-0.1, -0.05) is 0 Å². The Morgan fingerprint density at radius 1 is 1.75 bits per heavy atom. The van der Waals surface area contributed by atoms with Gasteiger partial charge in [0.05, 0.1) is 0 Å². The molecule has 0 aliphatic carbocycles. The van der Waals surface area contributed by atoms with Gasteiger partial charge in [0.2, 0.25) is 5.34 Å². The summed E-state index contributed by atoms with van der Waals surface area (Å²) in [5, 5.41) is 8.67. The number of carbonyl (C=O) groups is 1. The van der Waals surface area contributed by atoms with Gasteiger partial charge < -0.3 is 10.6 Å². The van der Waals surface area contributed by atoms with Crippen LogP contribution in [0.25, 0.3) is 0 Å². The van der Waals surface area contributed by atoms with Crippen molar-refractivity contribution < 1.29 is 14.7 Å². The fraction of sp³-hybridized carbons (Fsp3) is 0.500. The highest BCUT2D eigenvalue weighted by molar-refractivity contribution is 5.80. The Balaban J connectivity index is 3.68. The molecule has 0 aliphatic rings. The van der Waals surface area contributed by atoms with E-state index in [0.29, 0.717) is 0 Å². The van der Waals surface area contributed by atoms with E-state index in [4.69, 9.17) is 11.1 Å². The smallest absolute Gasteiger partial charge is 0.370 e. The Kier molecular flexibility index (Phi) is 4.12. The summed E-state index contributed by atoms with van der Waals surface area (Å²) >= 11 is 0. The Labute approximate surface area is 67.6 Å². The van der Waals surface area contributed by atoms with Gasteiger partial charge in [-0.3, -0.25) is 5.41 Å². The van der Waals surface area contributed by atoms with Crippen molar-refractivity contribution in [1.82, 2.24) is 4.90 Å². The number of nitrogens with zero attached hydrogens (tertiary/aromatic N) is 2. The number of hydrogen-bond acceptors (Lipinski definition) is 6. The summed E-state index contributed by atoms with van der Waals surface area (Å²) in [6, 6.07) is 0. The second-order valence-electron chi connectivity index (χ2n) is 1.85. The van der Waals surface area contributed by atoms with Crippen LogP contribution in [0, 0.1) is 10.3 Å². The lowest BCUT2D eigenvalue weighted by Gasteiger charge is -2.12. The highest BCUT2D eigenvalue weighted by atomic mass is 17.3. The average molecular weight is 176 g/mol. The first-order chi connectivity index (χ1) is 5.57. The van der Waals surface area contributed by atoms with Crippen molar-refractivity contribution in [3.8, 4) is 0 Å². The van der Waals surface area contributed by atoms with Gasteiger partial charge in [-0.05, 0) is 0 Å². The maximum Gasteiger partial charge on any atom is 0.377 e. The van der Waals surface area contributed by atoms with Crippen LogP contribution in [0.15, 0.2) is 5.34 Å². The van der Waals surface area contributed by atoms with E-state index < -0.39 is 5.97 Å². The molecule has 0 radical (unpaired) electrons. The monoisotopic (exact) mass is 176 g/mol. The minimum absolute atomic E-state index is 0.287. The highest BCUT2D eigenvalue weighted by Crippen LogP contribution is 1.85. The molecule has 12 heavy (non-hydrogen) atoms. The molecule has 0 fully saturated rings. The zero-order valence-corrected chi connectivity index (χ0v) is 6.31. The molecule has 3 N–H and O–H groups in total.